The van der Waals surface area contributed by atoms with Crippen molar-refractivity contribution < 1.29 is 4.74 Å². The molecule has 0 aliphatic heterocycles. The maximum absolute atomic E-state index is 4.98. The van der Waals surface area contributed by atoms with Crippen molar-refractivity contribution >= 4 is 11.8 Å². The second kappa shape index (κ2) is 7.65. The Morgan fingerprint density at radius 3 is 3.06 bits per heavy atom. The number of aryl methyl sites for hydroxylation is 1. The van der Waals surface area contributed by atoms with Crippen LogP contribution in [-0.4, -0.2) is 46.8 Å². The Bertz CT molecular complexity index is 292. The van der Waals surface area contributed by atoms with Crippen LogP contribution in [0.4, 0.5) is 0 Å². The van der Waals surface area contributed by atoms with Crippen molar-refractivity contribution in [3.05, 3.63) is 6.33 Å². The van der Waals surface area contributed by atoms with Crippen LogP contribution < -0.4 is 5.32 Å². The van der Waals surface area contributed by atoms with Gasteiger partial charge in [0.05, 0.1) is 0 Å². The monoisotopic (exact) mass is 244 g/mol. The fourth-order valence-corrected chi connectivity index (χ4v) is 2.13. The molecular weight excluding hydrogens is 224 g/mol. The van der Waals surface area contributed by atoms with Gasteiger partial charge in [-0.3, -0.25) is 0 Å². The highest BCUT2D eigenvalue weighted by Gasteiger charge is 2.07. The van der Waals surface area contributed by atoms with Gasteiger partial charge in [0.15, 0.2) is 5.16 Å². The molecule has 0 saturated heterocycles. The summed E-state index contributed by atoms with van der Waals surface area (Å²) in [6.07, 6.45) is 2.64. The standard InChI is InChI=1S/C10H20N4OS/c1-9(7-11-5-4-6-15-3)16-10-12-8-13-14(10)2/h8-9,11H,4-7H2,1-3H3. The topological polar surface area (TPSA) is 52.0 Å². The molecule has 1 aromatic heterocycles. The van der Waals surface area contributed by atoms with E-state index in [1.807, 2.05) is 7.05 Å². The molecule has 16 heavy (non-hydrogen) atoms. The van der Waals surface area contributed by atoms with Gasteiger partial charge >= 0.3 is 0 Å². The molecule has 0 spiro atoms. The molecule has 1 heterocycles. The normalized spacial score (nSPS) is 12.9. The minimum Gasteiger partial charge on any atom is -0.385 e. The zero-order valence-electron chi connectivity index (χ0n) is 10.1. The van der Waals surface area contributed by atoms with Gasteiger partial charge in [-0.2, -0.15) is 5.10 Å². The van der Waals surface area contributed by atoms with Crippen LogP contribution in [0.25, 0.3) is 0 Å². The Labute approximate surface area is 101 Å². The van der Waals surface area contributed by atoms with Gasteiger partial charge in [-0.15, -0.1) is 0 Å². The number of rotatable bonds is 8. The summed E-state index contributed by atoms with van der Waals surface area (Å²) in [5, 5.41) is 8.89. The number of aromatic nitrogens is 3. The maximum atomic E-state index is 4.98. The maximum Gasteiger partial charge on any atom is 0.186 e. The first kappa shape index (κ1) is 13.5. The molecule has 0 fully saturated rings. The second-order valence-electron chi connectivity index (χ2n) is 3.65. The molecule has 0 saturated carbocycles. The Balaban J connectivity index is 2.11. The van der Waals surface area contributed by atoms with Crippen molar-refractivity contribution in [1.82, 2.24) is 20.1 Å². The van der Waals surface area contributed by atoms with Crippen molar-refractivity contribution in [3.8, 4) is 0 Å². The van der Waals surface area contributed by atoms with Gasteiger partial charge < -0.3 is 10.1 Å². The van der Waals surface area contributed by atoms with E-state index >= 15 is 0 Å². The lowest BCUT2D eigenvalue weighted by Crippen LogP contribution is -2.24. The number of nitrogens with one attached hydrogen (secondary N) is 1. The van der Waals surface area contributed by atoms with E-state index < -0.39 is 0 Å². The SMILES string of the molecule is COCCCNCC(C)Sc1ncnn1C. The Kier molecular flexibility index (Phi) is 6.44. The lowest BCUT2D eigenvalue weighted by molar-refractivity contribution is 0.194. The molecule has 0 bridgehead atoms. The largest absolute Gasteiger partial charge is 0.385 e. The quantitative estimate of drug-likeness (QED) is 0.544. The minimum absolute atomic E-state index is 0.491. The van der Waals surface area contributed by atoms with Gasteiger partial charge in [0.2, 0.25) is 0 Å². The number of nitrogens with zero attached hydrogens (tertiary/aromatic N) is 3. The van der Waals surface area contributed by atoms with Gasteiger partial charge in [0.25, 0.3) is 0 Å². The molecule has 0 amide bonds. The molecule has 0 radical (unpaired) electrons. The summed E-state index contributed by atoms with van der Waals surface area (Å²) in [6, 6.07) is 0. The summed E-state index contributed by atoms with van der Waals surface area (Å²) in [5.74, 6) is 0. The molecule has 0 aliphatic carbocycles. The van der Waals surface area contributed by atoms with Crippen LogP contribution in [0.1, 0.15) is 13.3 Å². The molecule has 1 atom stereocenters. The lowest BCUT2D eigenvalue weighted by atomic mass is 10.4. The van der Waals surface area contributed by atoms with Crippen LogP contribution in [-0.2, 0) is 11.8 Å². The molecule has 92 valence electrons. The third-order valence-electron chi connectivity index (χ3n) is 2.11. The zero-order valence-corrected chi connectivity index (χ0v) is 11.0. The van der Waals surface area contributed by atoms with Crippen LogP contribution in [0.15, 0.2) is 11.5 Å². The van der Waals surface area contributed by atoms with Crippen molar-refractivity contribution in [2.45, 2.75) is 23.8 Å². The summed E-state index contributed by atoms with van der Waals surface area (Å²) < 4.78 is 6.78. The van der Waals surface area contributed by atoms with E-state index in [2.05, 4.69) is 22.3 Å². The highest BCUT2D eigenvalue weighted by molar-refractivity contribution is 7.99. The Hall–Kier alpha value is -0.590. The first-order valence-corrected chi connectivity index (χ1v) is 6.32. The number of hydrogen-bond donors (Lipinski definition) is 1. The van der Waals surface area contributed by atoms with Gasteiger partial charge in [-0.25, -0.2) is 9.67 Å². The van der Waals surface area contributed by atoms with Crippen LogP contribution in [0.5, 0.6) is 0 Å². The van der Waals surface area contributed by atoms with Crippen molar-refractivity contribution in [2.24, 2.45) is 7.05 Å². The van der Waals surface area contributed by atoms with Crippen LogP contribution >= 0.6 is 11.8 Å². The first-order chi connectivity index (χ1) is 7.74. The van der Waals surface area contributed by atoms with E-state index in [0.29, 0.717) is 5.25 Å². The van der Waals surface area contributed by atoms with Crippen molar-refractivity contribution in [2.75, 3.05) is 26.8 Å². The molecule has 1 rings (SSSR count). The number of methoxy groups -OCH3 is 1. The number of ether oxygens (including phenoxy) is 1. The summed E-state index contributed by atoms with van der Waals surface area (Å²) in [7, 11) is 3.64. The zero-order chi connectivity index (χ0) is 11.8. The molecule has 1 unspecified atom stereocenters. The minimum atomic E-state index is 0.491. The molecular formula is C10H20N4OS. The average molecular weight is 244 g/mol. The first-order valence-electron chi connectivity index (χ1n) is 5.44. The van der Waals surface area contributed by atoms with Gasteiger partial charge in [-0.1, -0.05) is 18.7 Å². The lowest BCUT2D eigenvalue weighted by Gasteiger charge is -2.11. The van der Waals surface area contributed by atoms with E-state index in [1.54, 1.807) is 29.9 Å². The number of hydrogen-bond acceptors (Lipinski definition) is 5. The third kappa shape index (κ3) is 4.96. The molecule has 0 aromatic carbocycles. The molecule has 1 aromatic rings. The third-order valence-corrected chi connectivity index (χ3v) is 3.26. The predicted octanol–water partition coefficient (Wildman–Crippen LogP) is 0.922. The predicted molar refractivity (Wildman–Crippen MR) is 65.7 cm³/mol. The molecule has 1 N–H and O–H groups in total. The Morgan fingerprint density at radius 2 is 2.44 bits per heavy atom. The average Bonchev–Trinajstić information content (AvgIpc) is 2.64. The Morgan fingerprint density at radius 1 is 1.62 bits per heavy atom. The highest BCUT2D eigenvalue weighted by atomic mass is 32.2. The molecule has 6 heteroatoms. The number of thioether (sulfide) groups is 1. The van der Waals surface area contributed by atoms with Gasteiger partial charge in [-0.05, 0) is 13.0 Å². The van der Waals surface area contributed by atoms with Crippen LogP contribution in [0, 0.1) is 0 Å². The summed E-state index contributed by atoms with van der Waals surface area (Å²) in [4.78, 5) is 4.18. The highest BCUT2D eigenvalue weighted by Crippen LogP contribution is 2.18. The fourth-order valence-electron chi connectivity index (χ4n) is 1.26. The van der Waals surface area contributed by atoms with E-state index in [4.69, 9.17) is 4.74 Å². The van der Waals surface area contributed by atoms with Gasteiger partial charge in [0, 0.05) is 32.6 Å². The van der Waals surface area contributed by atoms with Crippen LogP contribution in [0.2, 0.25) is 0 Å². The fraction of sp³-hybridized carbons (Fsp3) is 0.800. The van der Waals surface area contributed by atoms with Crippen LogP contribution in [0.3, 0.4) is 0 Å². The second-order valence-corrected chi connectivity index (χ2v) is 5.05. The van der Waals surface area contributed by atoms with E-state index in [-0.39, 0.29) is 0 Å². The van der Waals surface area contributed by atoms with E-state index in [0.717, 1.165) is 31.3 Å². The summed E-state index contributed by atoms with van der Waals surface area (Å²) in [6.45, 7) is 4.97. The van der Waals surface area contributed by atoms with E-state index in [9.17, 15) is 0 Å². The summed E-state index contributed by atoms with van der Waals surface area (Å²) in [5.41, 5.74) is 0. The van der Waals surface area contributed by atoms with Crippen molar-refractivity contribution in [1.29, 1.82) is 0 Å². The molecule has 5 nitrogen and oxygen atoms in total. The van der Waals surface area contributed by atoms with Crippen molar-refractivity contribution in [3.63, 3.8) is 0 Å². The van der Waals surface area contributed by atoms with Gasteiger partial charge in [0.1, 0.15) is 6.33 Å². The molecule has 0 aliphatic rings. The van der Waals surface area contributed by atoms with E-state index in [1.165, 1.54) is 0 Å². The smallest absolute Gasteiger partial charge is 0.186 e. The summed E-state index contributed by atoms with van der Waals surface area (Å²) >= 11 is 1.74.